The van der Waals surface area contributed by atoms with Crippen molar-refractivity contribution in [1.82, 2.24) is 4.72 Å². The molecule has 9 heteroatoms. The number of carbonyl (C=O) groups excluding carboxylic acids is 1. The molecule has 134 valence electrons. The Balaban J connectivity index is 2.17. The second-order valence-corrected chi connectivity index (χ2v) is 8.49. The summed E-state index contributed by atoms with van der Waals surface area (Å²) in [4.78, 5) is 12.3. The van der Waals surface area contributed by atoms with Crippen molar-refractivity contribution in [2.75, 3.05) is 11.6 Å². The van der Waals surface area contributed by atoms with Gasteiger partial charge in [0.05, 0.1) is 12.3 Å². The van der Waals surface area contributed by atoms with Gasteiger partial charge < -0.3 is 5.32 Å². The van der Waals surface area contributed by atoms with Crippen molar-refractivity contribution in [3.8, 4) is 0 Å². The van der Waals surface area contributed by atoms with E-state index in [4.69, 9.17) is 34.8 Å². The quantitative estimate of drug-likeness (QED) is 0.731. The SMILES string of the molecule is CS(=O)(=O)NC(CC(=O)Nc1cc(Cl)cc(Cl)c1)c1ccc(Cl)cc1. The van der Waals surface area contributed by atoms with Crippen LogP contribution in [-0.4, -0.2) is 20.6 Å². The topological polar surface area (TPSA) is 75.3 Å². The molecule has 2 N–H and O–H groups in total. The predicted molar refractivity (Wildman–Crippen MR) is 102 cm³/mol. The van der Waals surface area contributed by atoms with E-state index in [1.807, 2.05) is 0 Å². The summed E-state index contributed by atoms with van der Waals surface area (Å²) in [5.41, 5.74) is 1.05. The number of benzene rings is 2. The lowest BCUT2D eigenvalue weighted by molar-refractivity contribution is -0.116. The van der Waals surface area contributed by atoms with E-state index >= 15 is 0 Å². The summed E-state index contributed by atoms with van der Waals surface area (Å²) < 4.78 is 25.7. The zero-order chi connectivity index (χ0) is 18.6. The van der Waals surface area contributed by atoms with Crippen LogP contribution < -0.4 is 10.0 Å². The number of hydrogen-bond donors (Lipinski definition) is 2. The van der Waals surface area contributed by atoms with Crippen molar-refractivity contribution >= 4 is 56.4 Å². The molecule has 0 saturated carbocycles. The minimum absolute atomic E-state index is 0.112. The van der Waals surface area contributed by atoms with Gasteiger partial charge in [-0.3, -0.25) is 4.79 Å². The Morgan fingerprint density at radius 2 is 1.56 bits per heavy atom. The van der Waals surface area contributed by atoms with Gasteiger partial charge in [0.1, 0.15) is 0 Å². The summed E-state index contributed by atoms with van der Waals surface area (Å²) in [6.45, 7) is 0. The monoisotopic (exact) mass is 420 g/mol. The Kier molecular flexibility index (Phi) is 6.71. The normalized spacial score (nSPS) is 12.6. The van der Waals surface area contributed by atoms with Crippen LogP contribution in [-0.2, 0) is 14.8 Å². The van der Waals surface area contributed by atoms with E-state index in [1.54, 1.807) is 42.5 Å². The van der Waals surface area contributed by atoms with Gasteiger partial charge in [-0.2, -0.15) is 0 Å². The van der Waals surface area contributed by atoms with E-state index in [0.29, 0.717) is 26.3 Å². The molecule has 0 aliphatic rings. The molecule has 2 rings (SSSR count). The van der Waals surface area contributed by atoms with Gasteiger partial charge in [0.15, 0.2) is 0 Å². The lowest BCUT2D eigenvalue weighted by atomic mass is 10.0. The first-order valence-electron chi connectivity index (χ1n) is 7.11. The number of halogens is 3. The maximum Gasteiger partial charge on any atom is 0.226 e. The van der Waals surface area contributed by atoms with Gasteiger partial charge in [0.2, 0.25) is 15.9 Å². The average molecular weight is 422 g/mol. The first kappa shape index (κ1) is 20.0. The zero-order valence-corrected chi connectivity index (χ0v) is 16.2. The van der Waals surface area contributed by atoms with Crippen molar-refractivity contribution in [3.63, 3.8) is 0 Å². The van der Waals surface area contributed by atoms with Crippen LogP contribution in [0.25, 0.3) is 0 Å². The molecule has 0 aromatic heterocycles. The number of amides is 1. The third-order valence-corrected chi connectivity index (χ3v) is 4.57. The minimum Gasteiger partial charge on any atom is -0.326 e. The average Bonchev–Trinajstić information content (AvgIpc) is 2.44. The summed E-state index contributed by atoms with van der Waals surface area (Å²) in [7, 11) is -3.52. The highest BCUT2D eigenvalue weighted by Gasteiger charge is 2.20. The predicted octanol–water partition coefficient (Wildman–Crippen LogP) is 4.27. The fourth-order valence-electron chi connectivity index (χ4n) is 2.20. The molecular weight excluding hydrogens is 407 g/mol. The minimum atomic E-state index is -3.52. The Labute approximate surface area is 161 Å². The molecular formula is C16H15Cl3N2O3S. The first-order chi connectivity index (χ1) is 11.6. The fourth-order valence-corrected chi connectivity index (χ4v) is 3.59. The van der Waals surface area contributed by atoms with E-state index in [0.717, 1.165) is 6.26 Å². The number of carbonyl (C=O) groups is 1. The molecule has 0 saturated heterocycles. The van der Waals surface area contributed by atoms with E-state index in [2.05, 4.69) is 10.0 Å². The number of sulfonamides is 1. The van der Waals surface area contributed by atoms with E-state index in [-0.39, 0.29) is 6.42 Å². The second kappa shape index (κ2) is 8.38. The smallest absolute Gasteiger partial charge is 0.226 e. The van der Waals surface area contributed by atoms with Crippen LogP contribution >= 0.6 is 34.8 Å². The molecule has 25 heavy (non-hydrogen) atoms. The molecule has 1 amide bonds. The molecule has 0 bridgehead atoms. The van der Waals surface area contributed by atoms with Gasteiger partial charge in [0.25, 0.3) is 0 Å². The molecule has 0 radical (unpaired) electrons. The van der Waals surface area contributed by atoms with Crippen LogP contribution in [0.2, 0.25) is 15.1 Å². The van der Waals surface area contributed by atoms with Crippen LogP contribution in [0.5, 0.6) is 0 Å². The van der Waals surface area contributed by atoms with Gasteiger partial charge in [-0.15, -0.1) is 0 Å². The lowest BCUT2D eigenvalue weighted by Crippen LogP contribution is -2.30. The summed E-state index contributed by atoms with van der Waals surface area (Å²) in [5.74, 6) is -0.394. The van der Waals surface area contributed by atoms with Gasteiger partial charge in [0, 0.05) is 27.2 Å². The Hall–Kier alpha value is -1.31. The van der Waals surface area contributed by atoms with Gasteiger partial charge >= 0.3 is 0 Å². The summed E-state index contributed by atoms with van der Waals surface area (Å²) >= 11 is 17.6. The van der Waals surface area contributed by atoms with E-state index < -0.39 is 22.0 Å². The third kappa shape index (κ3) is 6.84. The van der Waals surface area contributed by atoms with Crippen molar-refractivity contribution in [3.05, 3.63) is 63.1 Å². The highest BCUT2D eigenvalue weighted by atomic mass is 35.5. The molecule has 0 heterocycles. The first-order valence-corrected chi connectivity index (χ1v) is 10.1. The van der Waals surface area contributed by atoms with Crippen LogP contribution in [0.1, 0.15) is 18.0 Å². The molecule has 0 fully saturated rings. The van der Waals surface area contributed by atoms with Crippen LogP contribution in [0, 0.1) is 0 Å². The zero-order valence-electron chi connectivity index (χ0n) is 13.1. The highest BCUT2D eigenvalue weighted by Crippen LogP contribution is 2.24. The van der Waals surface area contributed by atoms with Crippen molar-refractivity contribution in [2.24, 2.45) is 0 Å². The molecule has 0 spiro atoms. The maximum absolute atomic E-state index is 12.3. The Morgan fingerprint density at radius 3 is 2.08 bits per heavy atom. The second-order valence-electron chi connectivity index (χ2n) is 5.40. The van der Waals surface area contributed by atoms with Crippen molar-refractivity contribution < 1.29 is 13.2 Å². The Morgan fingerprint density at radius 1 is 1.00 bits per heavy atom. The van der Waals surface area contributed by atoms with E-state index in [9.17, 15) is 13.2 Å². The number of anilines is 1. The van der Waals surface area contributed by atoms with Crippen LogP contribution in [0.15, 0.2) is 42.5 Å². The standard InChI is InChI=1S/C16H15Cl3N2O3S/c1-25(23,24)21-15(10-2-4-11(17)5-3-10)9-16(22)20-14-7-12(18)6-13(19)8-14/h2-8,15,21H,9H2,1H3,(H,20,22). The fraction of sp³-hybridized carbons (Fsp3) is 0.188. The third-order valence-electron chi connectivity index (χ3n) is 3.16. The summed E-state index contributed by atoms with van der Waals surface area (Å²) in [6.07, 6.45) is 0.920. The maximum atomic E-state index is 12.3. The molecule has 5 nitrogen and oxygen atoms in total. The molecule has 2 aromatic carbocycles. The number of hydrogen-bond acceptors (Lipinski definition) is 3. The van der Waals surface area contributed by atoms with Crippen LogP contribution in [0.3, 0.4) is 0 Å². The lowest BCUT2D eigenvalue weighted by Gasteiger charge is -2.18. The van der Waals surface area contributed by atoms with Gasteiger partial charge in [-0.25, -0.2) is 13.1 Å². The molecule has 2 aromatic rings. The Bertz CT molecular complexity index is 850. The van der Waals surface area contributed by atoms with Gasteiger partial charge in [-0.05, 0) is 35.9 Å². The molecule has 1 unspecified atom stereocenters. The van der Waals surface area contributed by atoms with Gasteiger partial charge in [-0.1, -0.05) is 46.9 Å². The molecule has 1 atom stereocenters. The number of nitrogens with one attached hydrogen (secondary N) is 2. The van der Waals surface area contributed by atoms with Crippen molar-refractivity contribution in [1.29, 1.82) is 0 Å². The summed E-state index contributed by atoms with van der Waals surface area (Å²) in [6, 6.07) is 10.5. The molecule has 0 aliphatic heterocycles. The van der Waals surface area contributed by atoms with Crippen LogP contribution in [0.4, 0.5) is 5.69 Å². The summed E-state index contributed by atoms with van der Waals surface area (Å²) in [5, 5.41) is 3.93. The van der Waals surface area contributed by atoms with E-state index in [1.165, 1.54) is 0 Å². The van der Waals surface area contributed by atoms with Crippen molar-refractivity contribution in [2.45, 2.75) is 12.5 Å². The highest BCUT2D eigenvalue weighted by molar-refractivity contribution is 7.88. The molecule has 0 aliphatic carbocycles. The largest absolute Gasteiger partial charge is 0.326 e. The number of rotatable bonds is 6.